The van der Waals surface area contributed by atoms with E-state index in [0.717, 1.165) is 11.1 Å². The second-order valence-corrected chi connectivity index (χ2v) is 6.59. The molecule has 2 aromatic rings. The van der Waals surface area contributed by atoms with Gasteiger partial charge < -0.3 is 5.32 Å². The normalized spacial score (nSPS) is 10.5. The largest absolute Gasteiger partial charge is 0.326 e. The van der Waals surface area contributed by atoms with E-state index in [-0.39, 0.29) is 24.4 Å². The van der Waals surface area contributed by atoms with Gasteiger partial charge in [0.25, 0.3) is 11.6 Å². The van der Waals surface area contributed by atoms with Crippen LogP contribution in [0.25, 0.3) is 6.08 Å². The Labute approximate surface area is 173 Å². The molecule has 3 amide bonds. The summed E-state index contributed by atoms with van der Waals surface area (Å²) in [7, 11) is 0. The van der Waals surface area contributed by atoms with Crippen molar-refractivity contribution in [1.82, 2.24) is 10.9 Å². The van der Waals surface area contributed by atoms with Crippen LogP contribution in [-0.4, -0.2) is 22.6 Å². The van der Waals surface area contributed by atoms with E-state index < -0.39 is 16.7 Å². The number of non-ortho nitro benzene ring substituents is 1. The topological polar surface area (TPSA) is 130 Å². The van der Waals surface area contributed by atoms with Crippen LogP contribution in [0.1, 0.15) is 29.5 Å². The first-order valence-corrected chi connectivity index (χ1v) is 9.13. The van der Waals surface area contributed by atoms with Gasteiger partial charge >= 0.3 is 0 Å². The van der Waals surface area contributed by atoms with Gasteiger partial charge in [0.05, 0.1) is 4.92 Å². The molecule has 0 radical (unpaired) electrons. The van der Waals surface area contributed by atoms with E-state index >= 15 is 0 Å². The van der Waals surface area contributed by atoms with Gasteiger partial charge in [0, 0.05) is 36.7 Å². The minimum Gasteiger partial charge on any atom is -0.326 e. The molecule has 2 aromatic carbocycles. The second-order valence-electron chi connectivity index (χ2n) is 6.59. The Morgan fingerprint density at radius 1 is 0.967 bits per heavy atom. The zero-order valence-corrected chi connectivity index (χ0v) is 16.6. The van der Waals surface area contributed by atoms with E-state index in [9.17, 15) is 24.5 Å². The maximum absolute atomic E-state index is 12.0. The smallest absolute Gasteiger partial charge is 0.269 e. The maximum Gasteiger partial charge on any atom is 0.269 e. The second kappa shape index (κ2) is 10.5. The molecule has 3 N–H and O–H groups in total. The summed E-state index contributed by atoms with van der Waals surface area (Å²) in [4.78, 5) is 45.6. The molecule has 9 heteroatoms. The van der Waals surface area contributed by atoms with Crippen molar-refractivity contribution in [3.63, 3.8) is 0 Å². The number of nitrogens with one attached hydrogen (secondary N) is 3. The zero-order chi connectivity index (χ0) is 22.1. The molecule has 0 aromatic heterocycles. The molecule has 2 rings (SSSR count). The first-order chi connectivity index (χ1) is 14.2. The Morgan fingerprint density at radius 2 is 1.63 bits per heavy atom. The summed E-state index contributed by atoms with van der Waals surface area (Å²) in [6.45, 7) is 3.79. The Bertz CT molecular complexity index is 983. The molecule has 0 bridgehead atoms. The number of nitrogens with zero attached hydrogens (tertiary/aromatic N) is 1. The van der Waals surface area contributed by atoms with E-state index in [0.29, 0.717) is 11.3 Å². The van der Waals surface area contributed by atoms with Gasteiger partial charge in [-0.15, -0.1) is 0 Å². The van der Waals surface area contributed by atoms with E-state index in [4.69, 9.17) is 0 Å². The number of amides is 3. The Balaban J connectivity index is 1.73. The number of anilines is 1. The molecule has 0 fully saturated rings. The van der Waals surface area contributed by atoms with Gasteiger partial charge in [0.15, 0.2) is 0 Å². The molecule has 0 aliphatic heterocycles. The lowest BCUT2D eigenvalue weighted by molar-refractivity contribution is -0.384. The molecule has 0 aliphatic rings. The van der Waals surface area contributed by atoms with Crippen LogP contribution < -0.4 is 16.2 Å². The first kappa shape index (κ1) is 22.3. The fourth-order valence-corrected chi connectivity index (χ4v) is 2.42. The molecule has 0 spiro atoms. The number of hydrogen-bond donors (Lipinski definition) is 3. The van der Waals surface area contributed by atoms with Gasteiger partial charge in [0.2, 0.25) is 11.8 Å². The van der Waals surface area contributed by atoms with Crippen molar-refractivity contribution >= 4 is 35.2 Å². The van der Waals surface area contributed by atoms with Crippen LogP contribution in [0.3, 0.4) is 0 Å². The Morgan fingerprint density at radius 3 is 2.30 bits per heavy atom. The number of carbonyl (C=O) groups excluding carboxylic acids is 3. The van der Waals surface area contributed by atoms with Crippen LogP contribution in [0.2, 0.25) is 0 Å². The van der Waals surface area contributed by atoms with Crippen LogP contribution in [0.4, 0.5) is 11.4 Å². The number of carbonyl (C=O) groups is 3. The number of benzene rings is 2. The summed E-state index contributed by atoms with van der Waals surface area (Å²) < 4.78 is 0. The van der Waals surface area contributed by atoms with Crippen LogP contribution in [-0.2, 0) is 14.4 Å². The third kappa shape index (κ3) is 7.19. The summed E-state index contributed by atoms with van der Waals surface area (Å²) in [5.41, 5.74) is 7.60. The maximum atomic E-state index is 12.0. The number of nitro groups is 1. The zero-order valence-electron chi connectivity index (χ0n) is 16.6. The molecule has 0 unspecified atom stereocenters. The van der Waals surface area contributed by atoms with E-state index in [1.165, 1.54) is 36.4 Å². The standard InChI is InChI=1S/C21H22N4O5/c1-14-3-4-15(2)18(13-14)22-19(26)11-12-21(28)24-23-20(27)10-7-16-5-8-17(9-6-16)25(29)30/h3-10,13H,11-12H2,1-2H3,(H,22,26)(H,23,27)(H,24,28)/b10-7+. The quantitative estimate of drug-likeness (QED) is 0.367. The Kier molecular flexibility index (Phi) is 7.81. The fourth-order valence-electron chi connectivity index (χ4n) is 2.42. The highest BCUT2D eigenvalue weighted by Crippen LogP contribution is 2.16. The summed E-state index contributed by atoms with van der Waals surface area (Å²) in [6, 6.07) is 11.3. The average Bonchev–Trinajstić information content (AvgIpc) is 2.72. The molecule has 0 saturated heterocycles. The third-order valence-corrected chi connectivity index (χ3v) is 4.10. The first-order valence-electron chi connectivity index (χ1n) is 9.13. The Hall–Kier alpha value is -4.01. The highest BCUT2D eigenvalue weighted by molar-refractivity contribution is 5.95. The van der Waals surface area contributed by atoms with Crippen LogP contribution in [0.15, 0.2) is 48.5 Å². The lowest BCUT2D eigenvalue weighted by Gasteiger charge is -2.09. The predicted octanol–water partition coefficient (Wildman–Crippen LogP) is 2.79. The predicted molar refractivity (Wildman–Crippen MR) is 112 cm³/mol. The third-order valence-electron chi connectivity index (χ3n) is 4.10. The molecular weight excluding hydrogens is 388 g/mol. The highest BCUT2D eigenvalue weighted by Gasteiger charge is 2.09. The summed E-state index contributed by atoms with van der Waals surface area (Å²) in [5.74, 6) is -1.40. The van der Waals surface area contributed by atoms with Gasteiger partial charge in [-0.05, 0) is 54.8 Å². The molecule has 0 atom stereocenters. The van der Waals surface area contributed by atoms with Gasteiger partial charge in [-0.2, -0.15) is 0 Å². The number of hydrogen-bond acceptors (Lipinski definition) is 5. The van der Waals surface area contributed by atoms with Crippen molar-refractivity contribution in [2.45, 2.75) is 26.7 Å². The van der Waals surface area contributed by atoms with Gasteiger partial charge in [0.1, 0.15) is 0 Å². The van der Waals surface area contributed by atoms with Crippen molar-refractivity contribution < 1.29 is 19.3 Å². The van der Waals surface area contributed by atoms with Gasteiger partial charge in [-0.1, -0.05) is 12.1 Å². The number of hydrazine groups is 1. The summed E-state index contributed by atoms with van der Waals surface area (Å²) >= 11 is 0. The average molecular weight is 410 g/mol. The van der Waals surface area contributed by atoms with Crippen molar-refractivity contribution in [2.75, 3.05) is 5.32 Å². The minimum atomic E-state index is -0.582. The monoisotopic (exact) mass is 410 g/mol. The molecule has 0 heterocycles. The van der Waals surface area contributed by atoms with E-state index in [2.05, 4.69) is 16.2 Å². The van der Waals surface area contributed by atoms with E-state index in [1.807, 2.05) is 32.0 Å². The van der Waals surface area contributed by atoms with Crippen molar-refractivity contribution in [1.29, 1.82) is 0 Å². The summed E-state index contributed by atoms with van der Waals surface area (Å²) in [6.07, 6.45) is 2.49. The van der Waals surface area contributed by atoms with Crippen LogP contribution in [0.5, 0.6) is 0 Å². The number of rotatable bonds is 7. The van der Waals surface area contributed by atoms with Gasteiger partial charge in [-0.3, -0.25) is 35.3 Å². The van der Waals surface area contributed by atoms with Crippen molar-refractivity contribution in [2.24, 2.45) is 0 Å². The van der Waals surface area contributed by atoms with Gasteiger partial charge in [-0.25, -0.2) is 0 Å². The number of nitro benzene ring substituents is 1. The fraction of sp³-hybridized carbons (Fsp3) is 0.190. The highest BCUT2D eigenvalue weighted by atomic mass is 16.6. The molecule has 0 saturated carbocycles. The number of aryl methyl sites for hydroxylation is 2. The lowest BCUT2D eigenvalue weighted by Crippen LogP contribution is -2.41. The van der Waals surface area contributed by atoms with Crippen molar-refractivity contribution in [3.05, 3.63) is 75.3 Å². The van der Waals surface area contributed by atoms with Crippen LogP contribution in [0, 0.1) is 24.0 Å². The minimum absolute atomic E-state index is 0.0340. The molecule has 30 heavy (non-hydrogen) atoms. The molecular formula is C21H22N4O5. The van der Waals surface area contributed by atoms with Crippen molar-refractivity contribution in [3.8, 4) is 0 Å². The lowest BCUT2D eigenvalue weighted by atomic mass is 10.1. The molecule has 156 valence electrons. The van der Waals surface area contributed by atoms with E-state index in [1.54, 1.807) is 0 Å². The van der Waals surface area contributed by atoms with Crippen LogP contribution >= 0.6 is 0 Å². The molecule has 9 nitrogen and oxygen atoms in total. The SMILES string of the molecule is Cc1ccc(C)c(NC(=O)CCC(=O)NNC(=O)/C=C/c2ccc([N+](=O)[O-])cc2)c1. The summed E-state index contributed by atoms with van der Waals surface area (Å²) in [5, 5.41) is 13.4. The molecule has 0 aliphatic carbocycles.